The van der Waals surface area contributed by atoms with E-state index in [-0.39, 0.29) is 12.5 Å². The van der Waals surface area contributed by atoms with Gasteiger partial charge in [-0.1, -0.05) is 6.08 Å². The van der Waals surface area contributed by atoms with Crippen molar-refractivity contribution in [2.45, 2.75) is 13.8 Å². The number of nitriles is 1. The molecule has 6 heteroatoms. The summed E-state index contributed by atoms with van der Waals surface area (Å²) < 4.78 is 10.7. The molecule has 0 atom stereocenters. The highest BCUT2D eigenvalue weighted by Crippen LogP contribution is 2.39. The van der Waals surface area contributed by atoms with Crippen LogP contribution < -0.4 is 9.64 Å². The molecule has 0 aliphatic carbocycles. The van der Waals surface area contributed by atoms with Crippen LogP contribution >= 0.6 is 0 Å². The van der Waals surface area contributed by atoms with E-state index in [1.165, 1.54) is 0 Å². The lowest BCUT2D eigenvalue weighted by atomic mass is 10.0. The SMILES string of the molecule is CCN1C/C(=C\C=C(/C)OC)C(C#N)=C1c1ccc2c(c1)N(C)C(=O)CO2. The normalized spacial score (nSPS) is 18.6. The first-order chi connectivity index (χ1) is 13.0. The summed E-state index contributed by atoms with van der Waals surface area (Å²) in [4.78, 5) is 15.7. The van der Waals surface area contributed by atoms with Crippen molar-refractivity contribution in [2.24, 2.45) is 0 Å². The molecule has 27 heavy (non-hydrogen) atoms. The number of hydrogen-bond donors (Lipinski definition) is 0. The van der Waals surface area contributed by atoms with E-state index in [1.807, 2.05) is 37.3 Å². The summed E-state index contributed by atoms with van der Waals surface area (Å²) in [5.41, 5.74) is 4.08. The predicted octanol–water partition coefficient (Wildman–Crippen LogP) is 3.09. The maximum Gasteiger partial charge on any atom is 0.264 e. The van der Waals surface area contributed by atoms with Crippen LogP contribution in [0.25, 0.3) is 5.70 Å². The number of benzene rings is 1. The van der Waals surface area contributed by atoms with E-state index in [1.54, 1.807) is 19.1 Å². The first-order valence-corrected chi connectivity index (χ1v) is 8.85. The third-order valence-electron chi connectivity index (χ3n) is 4.89. The molecule has 2 aliphatic heterocycles. The molecule has 0 fully saturated rings. The molecular formula is C21H23N3O3. The minimum atomic E-state index is -0.0892. The van der Waals surface area contributed by atoms with Crippen molar-refractivity contribution >= 4 is 17.3 Å². The molecular weight excluding hydrogens is 342 g/mol. The number of likely N-dealkylation sites (N-methyl/N-ethyl adjacent to an activating group) is 2. The van der Waals surface area contributed by atoms with Crippen LogP contribution in [0.1, 0.15) is 19.4 Å². The smallest absolute Gasteiger partial charge is 0.264 e. The number of methoxy groups -OCH3 is 1. The van der Waals surface area contributed by atoms with Crippen molar-refractivity contribution in [1.82, 2.24) is 4.90 Å². The summed E-state index contributed by atoms with van der Waals surface area (Å²) in [5, 5.41) is 9.82. The van der Waals surface area contributed by atoms with Crippen LogP contribution in [0.3, 0.4) is 0 Å². The molecule has 1 amide bonds. The van der Waals surface area contributed by atoms with Gasteiger partial charge in [0, 0.05) is 25.7 Å². The van der Waals surface area contributed by atoms with Gasteiger partial charge in [-0.15, -0.1) is 0 Å². The Balaban J connectivity index is 2.10. The van der Waals surface area contributed by atoms with Gasteiger partial charge in [-0.25, -0.2) is 0 Å². The molecule has 0 saturated heterocycles. The van der Waals surface area contributed by atoms with E-state index in [0.717, 1.165) is 34.8 Å². The summed E-state index contributed by atoms with van der Waals surface area (Å²) in [5.74, 6) is 1.37. The first kappa shape index (κ1) is 18.6. The van der Waals surface area contributed by atoms with Gasteiger partial charge < -0.3 is 19.3 Å². The lowest BCUT2D eigenvalue weighted by molar-refractivity contribution is -0.120. The van der Waals surface area contributed by atoms with Gasteiger partial charge in [-0.05, 0) is 43.7 Å². The molecule has 3 rings (SSSR count). The zero-order valence-corrected chi connectivity index (χ0v) is 16.1. The number of nitrogens with zero attached hydrogens (tertiary/aromatic N) is 3. The fraction of sp³-hybridized carbons (Fsp3) is 0.333. The van der Waals surface area contributed by atoms with Gasteiger partial charge in [-0.3, -0.25) is 4.79 Å². The fourth-order valence-electron chi connectivity index (χ4n) is 3.24. The Morgan fingerprint density at radius 3 is 2.89 bits per heavy atom. The number of allylic oxidation sites excluding steroid dienone is 3. The van der Waals surface area contributed by atoms with E-state index in [0.29, 0.717) is 17.9 Å². The third kappa shape index (κ3) is 3.41. The van der Waals surface area contributed by atoms with Crippen molar-refractivity contribution in [3.63, 3.8) is 0 Å². The summed E-state index contributed by atoms with van der Waals surface area (Å²) in [6.07, 6.45) is 3.81. The molecule has 140 valence electrons. The molecule has 0 spiro atoms. The number of fused-ring (bicyclic) bond motifs is 1. The number of rotatable bonds is 4. The highest BCUT2D eigenvalue weighted by atomic mass is 16.5. The Bertz CT molecular complexity index is 906. The summed E-state index contributed by atoms with van der Waals surface area (Å²) in [6.45, 7) is 5.41. The molecule has 6 nitrogen and oxygen atoms in total. The number of amides is 1. The van der Waals surface area contributed by atoms with Gasteiger partial charge in [-0.2, -0.15) is 5.26 Å². The summed E-state index contributed by atoms with van der Waals surface area (Å²) in [6, 6.07) is 8.08. The van der Waals surface area contributed by atoms with E-state index in [4.69, 9.17) is 9.47 Å². The molecule has 1 aromatic carbocycles. The molecule has 1 aromatic rings. The molecule has 2 aliphatic rings. The molecule has 2 heterocycles. The molecule has 0 aromatic heterocycles. The van der Waals surface area contributed by atoms with Crippen molar-refractivity contribution in [3.05, 3.63) is 52.8 Å². The van der Waals surface area contributed by atoms with Crippen molar-refractivity contribution < 1.29 is 14.3 Å². The fourth-order valence-corrected chi connectivity index (χ4v) is 3.24. The second-order valence-corrected chi connectivity index (χ2v) is 6.45. The van der Waals surface area contributed by atoms with Crippen LogP contribution in [0.4, 0.5) is 5.69 Å². The quantitative estimate of drug-likeness (QED) is 0.767. The van der Waals surface area contributed by atoms with Crippen molar-refractivity contribution in [3.8, 4) is 11.8 Å². The monoisotopic (exact) mass is 365 g/mol. The van der Waals surface area contributed by atoms with Crippen LogP contribution in [0.2, 0.25) is 0 Å². The Labute approximate surface area is 159 Å². The van der Waals surface area contributed by atoms with Gasteiger partial charge in [0.2, 0.25) is 0 Å². The van der Waals surface area contributed by atoms with E-state index in [9.17, 15) is 10.1 Å². The second kappa shape index (κ2) is 7.58. The lowest BCUT2D eigenvalue weighted by Gasteiger charge is -2.27. The lowest BCUT2D eigenvalue weighted by Crippen LogP contribution is -2.35. The van der Waals surface area contributed by atoms with Crippen molar-refractivity contribution in [2.75, 3.05) is 38.8 Å². The van der Waals surface area contributed by atoms with Gasteiger partial charge in [0.05, 0.1) is 29.8 Å². The van der Waals surface area contributed by atoms with Gasteiger partial charge in [0.25, 0.3) is 5.91 Å². The van der Waals surface area contributed by atoms with Gasteiger partial charge in [0.1, 0.15) is 11.8 Å². The Kier molecular flexibility index (Phi) is 5.22. The number of carbonyl (C=O) groups excluding carboxylic acids is 1. The number of hydrogen-bond acceptors (Lipinski definition) is 5. The van der Waals surface area contributed by atoms with E-state index < -0.39 is 0 Å². The molecule has 0 bridgehead atoms. The second-order valence-electron chi connectivity index (χ2n) is 6.45. The maximum atomic E-state index is 12.0. The molecule has 0 unspecified atom stereocenters. The average molecular weight is 365 g/mol. The minimum Gasteiger partial charge on any atom is -0.501 e. The van der Waals surface area contributed by atoms with Crippen LogP contribution in [0.5, 0.6) is 5.75 Å². The number of carbonyl (C=O) groups is 1. The average Bonchev–Trinajstić information content (AvgIpc) is 3.06. The van der Waals surface area contributed by atoms with Gasteiger partial charge in [0.15, 0.2) is 6.61 Å². The molecule has 0 radical (unpaired) electrons. The maximum absolute atomic E-state index is 12.0. The van der Waals surface area contributed by atoms with E-state index in [2.05, 4.69) is 17.9 Å². The Hall–Kier alpha value is -3.20. The Morgan fingerprint density at radius 2 is 2.22 bits per heavy atom. The standard InChI is InChI=1S/C21H23N3O3/c1-5-24-12-16(7-6-14(2)26-4)17(11-22)21(24)15-8-9-19-18(10-15)23(3)20(25)13-27-19/h6-10H,5,12-13H2,1-4H3/b14-6+,16-7+. The highest BCUT2D eigenvalue weighted by Gasteiger charge is 2.29. The molecule has 0 N–H and O–H groups in total. The zero-order valence-electron chi connectivity index (χ0n) is 16.1. The minimum absolute atomic E-state index is 0.0497. The third-order valence-corrected chi connectivity index (χ3v) is 4.89. The number of anilines is 1. The predicted molar refractivity (Wildman–Crippen MR) is 104 cm³/mol. The van der Waals surface area contributed by atoms with Crippen LogP contribution in [0.15, 0.2) is 47.3 Å². The van der Waals surface area contributed by atoms with Crippen LogP contribution in [0, 0.1) is 11.3 Å². The first-order valence-electron chi connectivity index (χ1n) is 8.85. The van der Waals surface area contributed by atoms with E-state index >= 15 is 0 Å². The summed E-state index contributed by atoms with van der Waals surface area (Å²) >= 11 is 0. The van der Waals surface area contributed by atoms with Crippen LogP contribution in [-0.2, 0) is 9.53 Å². The Morgan fingerprint density at radius 1 is 1.44 bits per heavy atom. The summed E-state index contributed by atoms with van der Waals surface area (Å²) in [7, 11) is 3.36. The zero-order chi connectivity index (χ0) is 19.6. The van der Waals surface area contributed by atoms with Crippen LogP contribution in [-0.4, -0.2) is 44.7 Å². The molecule has 0 saturated carbocycles. The topological polar surface area (TPSA) is 65.8 Å². The van der Waals surface area contributed by atoms with Gasteiger partial charge >= 0.3 is 0 Å². The van der Waals surface area contributed by atoms with Crippen molar-refractivity contribution in [1.29, 1.82) is 5.26 Å². The number of ether oxygens (including phenoxy) is 2. The highest BCUT2D eigenvalue weighted by molar-refractivity contribution is 5.98. The largest absolute Gasteiger partial charge is 0.501 e.